The van der Waals surface area contributed by atoms with Crippen molar-refractivity contribution in [1.82, 2.24) is 19.6 Å². The number of ether oxygens (including phenoxy) is 1. The van der Waals surface area contributed by atoms with Gasteiger partial charge in [-0.15, -0.1) is 0 Å². The normalized spacial score (nSPS) is 10.8. The van der Waals surface area contributed by atoms with Gasteiger partial charge < -0.3 is 10.1 Å². The van der Waals surface area contributed by atoms with E-state index in [2.05, 4.69) is 43.6 Å². The van der Waals surface area contributed by atoms with Crippen molar-refractivity contribution in [3.63, 3.8) is 0 Å². The van der Waals surface area contributed by atoms with Crippen LogP contribution in [0.3, 0.4) is 0 Å². The van der Waals surface area contributed by atoms with Gasteiger partial charge in [0, 0.05) is 12.4 Å². The van der Waals surface area contributed by atoms with E-state index in [1.807, 2.05) is 42.5 Å². The first-order valence-electron chi connectivity index (χ1n) is 11.1. The Morgan fingerprint density at radius 2 is 1.61 bits per heavy atom. The van der Waals surface area contributed by atoms with Crippen molar-refractivity contribution in [2.45, 2.75) is 13.3 Å². The molecule has 9 heteroatoms. The van der Waals surface area contributed by atoms with Gasteiger partial charge in [-0.05, 0) is 63.0 Å². The van der Waals surface area contributed by atoms with Crippen LogP contribution in [0.4, 0.5) is 10.2 Å². The third kappa shape index (κ3) is 5.69. The number of hydrogen-bond acceptors (Lipinski definition) is 4. The second-order valence-corrected chi connectivity index (χ2v) is 8.86. The maximum atomic E-state index is 13.1. The molecular weight excluding hydrogens is 525 g/mol. The summed E-state index contributed by atoms with van der Waals surface area (Å²) in [5, 5.41) is 11.4. The molecule has 0 saturated carbocycles. The van der Waals surface area contributed by atoms with Crippen molar-refractivity contribution in [3.8, 4) is 16.9 Å². The van der Waals surface area contributed by atoms with Crippen LogP contribution in [0.2, 0.25) is 0 Å². The van der Waals surface area contributed by atoms with E-state index < -0.39 is 5.91 Å². The second kappa shape index (κ2) is 10.6. The molecule has 0 bridgehead atoms. The molecule has 0 spiro atoms. The fraction of sp³-hybridized carbons (Fsp3) is 0.0741. The Bertz CT molecular complexity index is 1460. The quantitative estimate of drug-likeness (QED) is 0.260. The minimum atomic E-state index is -0.395. The summed E-state index contributed by atoms with van der Waals surface area (Å²) in [4.78, 5) is 12.7. The van der Waals surface area contributed by atoms with Crippen LogP contribution in [0.25, 0.3) is 11.1 Å². The lowest BCUT2D eigenvalue weighted by molar-refractivity contribution is 0.101. The molecule has 7 nitrogen and oxygen atoms in total. The van der Waals surface area contributed by atoms with E-state index in [1.165, 1.54) is 12.1 Å². The molecule has 0 fully saturated rings. The number of benzene rings is 3. The molecule has 0 unspecified atom stereocenters. The highest BCUT2D eigenvalue weighted by Gasteiger charge is 2.15. The van der Waals surface area contributed by atoms with Gasteiger partial charge in [0.05, 0.1) is 11.0 Å². The third-order valence-corrected chi connectivity index (χ3v) is 5.99. The number of nitrogens with zero attached hydrogens (tertiary/aromatic N) is 4. The lowest BCUT2D eigenvalue weighted by Gasteiger charge is -2.07. The summed E-state index contributed by atoms with van der Waals surface area (Å²) in [6.45, 7) is 0.598. The van der Waals surface area contributed by atoms with Crippen LogP contribution in [-0.4, -0.2) is 25.5 Å². The van der Waals surface area contributed by atoms with Crippen molar-refractivity contribution in [2.75, 3.05) is 5.32 Å². The standard InChI is InChI=1S/C27H21BrFN5O2/c28-24-17-34(16-19-6-10-22(29)11-7-19)32-26(24)30-27(35)25-14-15-33(31-25)18-36-23-12-8-21(9-13-23)20-4-2-1-3-5-20/h1-15,17H,16,18H2,(H,30,32,35). The molecule has 0 radical (unpaired) electrons. The fourth-order valence-corrected chi connectivity index (χ4v) is 4.00. The van der Waals surface area contributed by atoms with Gasteiger partial charge in [-0.25, -0.2) is 9.07 Å². The highest BCUT2D eigenvalue weighted by atomic mass is 79.9. The lowest BCUT2D eigenvalue weighted by atomic mass is 10.1. The second-order valence-electron chi connectivity index (χ2n) is 8.01. The molecule has 0 aliphatic carbocycles. The summed E-state index contributed by atoms with van der Waals surface area (Å²) >= 11 is 3.42. The fourth-order valence-electron chi connectivity index (χ4n) is 3.58. The van der Waals surface area contributed by atoms with Crippen LogP contribution in [0, 0.1) is 5.82 Å². The van der Waals surface area contributed by atoms with E-state index in [-0.39, 0.29) is 18.2 Å². The zero-order valence-electron chi connectivity index (χ0n) is 19.0. The number of amides is 1. The Morgan fingerprint density at radius 1 is 0.889 bits per heavy atom. The van der Waals surface area contributed by atoms with Gasteiger partial charge in [-0.3, -0.25) is 9.48 Å². The first-order valence-corrected chi connectivity index (χ1v) is 11.9. The average molecular weight is 546 g/mol. The van der Waals surface area contributed by atoms with Gasteiger partial charge >= 0.3 is 0 Å². The average Bonchev–Trinajstić information content (AvgIpc) is 3.51. The topological polar surface area (TPSA) is 74.0 Å². The van der Waals surface area contributed by atoms with Crippen molar-refractivity contribution < 1.29 is 13.9 Å². The van der Waals surface area contributed by atoms with Crippen LogP contribution in [-0.2, 0) is 13.3 Å². The molecule has 0 atom stereocenters. The summed E-state index contributed by atoms with van der Waals surface area (Å²) in [5.41, 5.74) is 3.36. The molecule has 2 heterocycles. The van der Waals surface area contributed by atoms with E-state index in [9.17, 15) is 9.18 Å². The number of carbonyl (C=O) groups excluding carboxylic acids is 1. The van der Waals surface area contributed by atoms with Gasteiger partial charge in [0.2, 0.25) is 0 Å². The number of nitrogens with one attached hydrogen (secondary N) is 1. The molecule has 2 aromatic heterocycles. The lowest BCUT2D eigenvalue weighted by Crippen LogP contribution is -2.15. The molecule has 1 amide bonds. The predicted octanol–water partition coefficient (Wildman–Crippen LogP) is 5.99. The SMILES string of the molecule is O=C(Nc1nn(Cc2ccc(F)cc2)cc1Br)c1ccn(COc2ccc(-c3ccccc3)cc2)n1. The van der Waals surface area contributed by atoms with Gasteiger partial charge in [-0.1, -0.05) is 54.6 Å². The van der Waals surface area contributed by atoms with E-state index >= 15 is 0 Å². The predicted molar refractivity (Wildman–Crippen MR) is 138 cm³/mol. The molecule has 36 heavy (non-hydrogen) atoms. The molecule has 1 N–H and O–H groups in total. The van der Waals surface area contributed by atoms with Gasteiger partial charge in [0.25, 0.3) is 5.91 Å². The van der Waals surface area contributed by atoms with Crippen LogP contribution in [0.5, 0.6) is 5.75 Å². The first kappa shape index (κ1) is 23.5. The molecular formula is C27H21BrFN5O2. The number of anilines is 1. The molecule has 0 aliphatic heterocycles. The minimum Gasteiger partial charge on any atom is -0.471 e. The summed E-state index contributed by atoms with van der Waals surface area (Å²) in [7, 11) is 0. The molecule has 0 aliphatic rings. The minimum absolute atomic E-state index is 0.161. The van der Waals surface area contributed by atoms with Crippen molar-refractivity contribution in [3.05, 3.63) is 119 Å². The zero-order valence-corrected chi connectivity index (χ0v) is 20.6. The van der Waals surface area contributed by atoms with Crippen molar-refractivity contribution in [1.29, 1.82) is 0 Å². The van der Waals surface area contributed by atoms with E-state index in [0.717, 1.165) is 16.7 Å². The van der Waals surface area contributed by atoms with E-state index in [0.29, 0.717) is 22.6 Å². The Balaban J connectivity index is 1.17. The van der Waals surface area contributed by atoms with Gasteiger partial charge in [0.1, 0.15) is 11.6 Å². The highest BCUT2D eigenvalue weighted by Crippen LogP contribution is 2.23. The summed E-state index contributed by atoms with van der Waals surface area (Å²) in [6.07, 6.45) is 3.42. The molecule has 5 aromatic rings. The maximum absolute atomic E-state index is 13.1. The smallest absolute Gasteiger partial charge is 0.277 e. The number of hydrogen-bond donors (Lipinski definition) is 1. The maximum Gasteiger partial charge on any atom is 0.277 e. The van der Waals surface area contributed by atoms with E-state index in [4.69, 9.17) is 4.74 Å². The summed E-state index contributed by atoms with van der Waals surface area (Å²) < 4.78 is 22.7. The number of carbonyl (C=O) groups is 1. The van der Waals surface area contributed by atoms with Crippen LogP contribution in [0.1, 0.15) is 16.1 Å². The van der Waals surface area contributed by atoms with Crippen LogP contribution in [0.15, 0.2) is 102 Å². The molecule has 3 aromatic carbocycles. The highest BCUT2D eigenvalue weighted by molar-refractivity contribution is 9.10. The first-order chi connectivity index (χ1) is 17.5. The Hall–Kier alpha value is -4.24. The van der Waals surface area contributed by atoms with Crippen LogP contribution >= 0.6 is 15.9 Å². The van der Waals surface area contributed by atoms with Crippen molar-refractivity contribution >= 4 is 27.7 Å². The Labute approximate surface area is 215 Å². The largest absolute Gasteiger partial charge is 0.471 e. The number of halogens is 2. The summed E-state index contributed by atoms with van der Waals surface area (Å²) in [5.74, 6) is 0.381. The number of rotatable bonds is 8. The number of aromatic nitrogens is 4. The Kier molecular flexibility index (Phi) is 6.90. The van der Waals surface area contributed by atoms with Gasteiger partial charge in [-0.2, -0.15) is 10.2 Å². The third-order valence-electron chi connectivity index (χ3n) is 5.41. The van der Waals surface area contributed by atoms with Gasteiger partial charge in [0.15, 0.2) is 18.2 Å². The molecule has 5 rings (SSSR count). The van der Waals surface area contributed by atoms with Crippen molar-refractivity contribution in [2.24, 2.45) is 0 Å². The Morgan fingerprint density at radius 3 is 2.36 bits per heavy atom. The van der Waals surface area contributed by atoms with Crippen LogP contribution < -0.4 is 10.1 Å². The summed E-state index contributed by atoms with van der Waals surface area (Å²) in [6, 6.07) is 25.7. The van der Waals surface area contributed by atoms with E-state index in [1.54, 1.807) is 40.0 Å². The monoisotopic (exact) mass is 545 g/mol. The zero-order chi connectivity index (χ0) is 24.9. The molecule has 180 valence electrons. The molecule has 0 saturated heterocycles.